The summed E-state index contributed by atoms with van der Waals surface area (Å²) < 4.78 is 0. The minimum absolute atomic E-state index is 0.183. The predicted molar refractivity (Wildman–Crippen MR) is 97.9 cm³/mol. The van der Waals surface area contributed by atoms with Gasteiger partial charge in [-0.25, -0.2) is 4.79 Å². The second kappa shape index (κ2) is 10.3. The third-order valence-corrected chi connectivity index (χ3v) is 4.19. The van der Waals surface area contributed by atoms with Gasteiger partial charge in [-0.15, -0.1) is 0 Å². The van der Waals surface area contributed by atoms with Crippen LogP contribution in [0.1, 0.15) is 57.9 Å². The van der Waals surface area contributed by atoms with Crippen LogP contribution in [-0.4, -0.2) is 20.9 Å². The van der Waals surface area contributed by atoms with Gasteiger partial charge in [0.1, 0.15) is 5.56 Å². The van der Waals surface area contributed by atoms with Gasteiger partial charge >= 0.3 is 5.97 Å². The molecule has 0 saturated carbocycles. The largest absolute Gasteiger partial charge is 0.478 e. The van der Waals surface area contributed by atoms with Crippen LogP contribution in [-0.2, 0) is 4.79 Å². The number of carboxylic acids is 1. The first kappa shape index (κ1) is 21.3. The molecule has 0 radical (unpaired) electrons. The fourth-order valence-electron chi connectivity index (χ4n) is 2.76. The molecule has 0 fully saturated rings. The molecule has 142 valence electrons. The molecule has 0 aromatic heterocycles. The Morgan fingerprint density at radius 3 is 2.19 bits per heavy atom. The summed E-state index contributed by atoms with van der Waals surface area (Å²) in [7, 11) is 0. The van der Waals surface area contributed by atoms with Gasteiger partial charge < -0.3 is 5.11 Å². The Kier molecular flexibility index (Phi) is 8.41. The van der Waals surface area contributed by atoms with Crippen LogP contribution in [0.4, 0.5) is 11.4 Å². The maximum absolute atomic E-state index is 11.6. The van der Waals surface area contributed by atoms with Crippen molar-refractivity contribution in [3.05, 3.63) is 50.1 Å². The lowest BCUT2D eigenvalue weighted by Gasteiger charge is -2.10. The molecule has 1 atom stereocenters. The van der Waals surface area contributed by atoms with E-state index in [1.165, 1.54) is 12.1 Å². The number of benzene rings is 1. The Morgan fingerprint density at radius 2 is 1.73 bits per heavy atom. The topological polar surface area (TPSA) is 124 Å². The van der Waals surface area contributed by atoms with Crippen molar-refractivity contribution in [1.29, 1.82) is 0 Å². The van der Waals surface area contributed by atoms with Crippen LogP contribution in [0, 0.1) is 26.1 Å². The van der Waals surface area contributed by atoms with Crippen molar-refractivity contribution >= 4 is 22.9 Å². The number of carboxylic acid groups (broad SMARTS) is 1. The standard InChI is InChI=1S/C18H24N2O6/c1-3-4-5-6-8-13(2)11-12-14(18(21)22)17-15(19(23)24)9-7-10-16(17)20(25)26/h7,9-10,12-13H,3-6,8,11H2,1-2H3,(H,21,22). The number of rotatable bonds is 11. The first-order chi connectivity index (χ1) is 12.3. The summed E-state index contributed by atoms with van der Waals surface area (Å²) in [4.78, 5) is 32.5. The van der Waals surface area contributed by atoms with E-state index in [9.17, 15) is 30.1 Å². The van der Waals surface area contributed by atoms with Gasteiger partial charge in [0, 0.05) is 12.1 Å². The quantitative estimate of drug-likeness (QED) is 0.256. The molecule has 8 nitrogen and oxygen atoms in total. The van der Waals surface area contributed by atoms with E-state index in [2.05, 4.69) is 6.92 Å². The smallest absolute Gasteiger partial charge is 0.336 e. The maximum Gasteiger partial charge on any atom is 0.336 e. The van der Waals surface area contributed by atoms with Crippen LogP contribution >= 0.6 is 0 Å². The van der Waals surface area contributed by atoms with E-state index in [4.69, 9.17) is 0 Å². The second-order valence-electron chi connectivity index (χ2n) is 6.30. The Morgan fingerprint density at radius 1 is 1.15 bits per heavy atom. The number of hydrogen-bond donors (Lipinski definition) is 1. The van der Waals surface area contributed by atoms with Crippen LogP contribution in [0.3, 0.4) is 0 Å². The number of hydrogen-bond acceptors (Lipinski definition) is 5. The van der Waals surface area contributed by atoms with Crippen molar-refractivity contribution in [2.45, 2.75) is 52.4 Å². The molecule has 0 amide bonds. The van der Waals surface area contributed by atoms with Gasteiger partial charge in [0.15, 0.2) is 0 Å². The Hall–Kier alpha value is -2.77. The molecule has 0 bridgehead atoms. The third kappa shape index (κ3) is 5.94. The van der Waals surface area contributed by atoms with Gasteiger partial charge in [0.2, 0.25) is 0 Å². The fourth-order valence-corrected chi connectivity index (χ4v) is 2.76. The van der Waals surface area contributed by atoms with E-state index in [0.29, 0.717) is 6.42 Å². The third-order valence-electron chi connectivity index (χ3n) is 4.19. The molecule has 0 saturated heterocycles. The molecule has 0 heterocycles. The minimum Gasteiger partial charge on any atom is -0.478 e. The Labute approximate surface area is 151 Å². The first-order valence-corrected chi connectivity index (χ1v) is 8.65. The monoisotopic (exact) mass is 364 g/mol. The molecule has 1 aromatic rings. The summed E-state index contributed by atoms with van der Waals surface area (Å²) in [6, 6.07) is 3.33. The summed E-state index contributed by atoms with van der Waals surface area (Å²) in [5, 5.41) is 31.9. The highest BCUT2D eigenvalue weighted by atomic mass is 16.6. The van der Waals surface area contributed by atoms with E-state index < -0.39 is 38.3 Å². The highest BCUT2D eigenvalue weighted by Crippen LogP contribution is 2.35. The molecule has 1 N–H and O–H groups in total. The lowest BCUT2D eigenvalue weighted by Crippen LogP contribution is -2.07. The number of aliphatic carboxylic acids is 1. The zero-order valence-corrected chi connectivity index (χ0v) is 15.0. The normalized spacial score (nSPS) is 12.6. The molecule has 8 heteroatoms. The van der Waals surface area contributed by atoms with Gasteiger partial charge in [0.05, 0.1) is 15.4 Å². The summed E-state index contributed by atoms with van der Waals surface area (Å²) >= 11 is 0. The summed E-state index contributed by atoms with van der Waals surface area (Å²) in [5.41, 5.74) is -2.01. The van der Waals surface area contributed by atoms with Crippen molar-refractivity contribution in [1.82, 2.24) is 0 Å². The maximum atomic E-state index is 11.6. The fraction of sp³-hybridized carbons (Fsp3) is 0.500. The number of allylic oxidation sites excluding steroid dienone is 1. The van der Waals surface area contributed by atoms with Gasteiger partial charge in [0.25, 0.3) is 11.4 Å². The first-order valence-electron chi connectivity index (χ1n) is 8.65. The number of unbranched alkanes of at least 4 members (excludes halogenated alkanes) is 3. The van der Waals surface area contributed by atoms with E-state index in [1.807, 2.05) is 6.92 Å². The molecule has 26 heavy (non-hydrogen) atoms. The van der Waals surface area contributed by atoms with E-state index in [1.54, 1.807) is 0 Å². The summed E-state index contributed by atoms with van der Waals surface area (Å²) in [6.45, 7) is 4.08. The molecule has 1 unspecified atom stereocenters. The molecule has 0 aliphatic heterocycles. The van der Waals surface area contributed by atoms with E-state index in [-0.39, 0.29) is 5.92 Å². The molecule has 0 aliphatic rings. The molecule has 1 aromatic carbocycles. The predicted octanol–water partition coefficient (Wildman–Crippen LogP) is 4.97. The average Bonchev–Trinajstić information content (AvgIpc) is 2.58. The lowest BCUT2D eigenvalue weighted by molar-refractivity contribution is -0.394. The van der Waals surface area contributed by atoms with Crippen LogP contribution in [0.2, 0.25) is 0 Å². The van der Waals surface area contributed by atoms with Gasteiger partial charge in [-0.2, -0.15) is 0 Å². The number of carbonyl (C=O) groups is 1. The lowest BCUT2D eigenvalue weighted by atomic mass is 9.95. The minimum atomic E-state index is -1.42. The number of nitro benzene ring substituents is 2. The molecule has 1 rings (SSSR count). The zero-order chi connectivity index (χ0) is 19.7. The SMILES string of the molecule is CCCCCCC(C)CC=C(C(=O)O)c1c([N+](=O)[O-])cccc1[N+](=O)[O-]. The van der Waals surface area contributed by atoms with Gasteiger partial charge in [-0.1, -0.05) is 52.0 Å². The average molecular weight is 364 g/mol. The van der Waals surface area contributed by atoms with Crippen LogP contribution in [0.15, 0.2) is 24.3 Å². The molecule has 0 aliphatic carbocycles. The van der Waals surface area contributed by atoms with Crippen molar-refractivity contribution in [2.24, 2.45) is 5.92 Å². The van der Waals surface area contributed by atoms with Gasteiger partial charge in [-0.05, 0) is 18.4 Å². The number of nitro groups is 2. The molecular weight excluding hydrogens is 340 g/mol. The van der Waals surface area contributed by atoms with Crippen molar-refractivity contribution in [3.8, 4) is 0 Å². The Balaban J connectivity index is 3.16. The van der Waals surface area contributed by atoms with Crippen molar-refractivity contribution in [3.63, 3.8) is 0 Å². The number of nitrogens with zero attached hydrogens (tertiary/aromatic N) is 2. The summed E-state index contributed by atoms with van der Waals surface area (Å²) in [5.74, 6) is -1.23. The van der Waals surface area contributed by atoms with Crippen LogP contribution in [0.25, 0.3) is 5.57 Å². The van der Waals surface area contributed by atoms with Gasteiger partial charge in [-0.3, -0.25) is 20.2 Å². The molecule has 0 spiro atoms. The van der Waals surface area contributed by atoms with Crippen LogP contribution in [0.5, 0.6) is 0 Å². The zero-order valence-electron chi connectivity index (χ0n) is 15.0. The highest BCUT2D eigenvalue weighted by molar-refractivity contribution is 6.18. The van der Waals surface area contributed by atoms with Crippen LogP contribution < -0.4 is 0 Å². The second-order valence-corrected chi connectivity index (χ2v) is 6.30. The van der Waals surface area contributed by atoms with Crippen molar-refractivity contribution in [2.75, 3.05) is 0 Å². The van der Waals surface area contributed by atoms with Crippen molar-refractivity contribution < 1.29 is 19.7 Å². The van der Waals surface area contributed by atoms with E-state index in [0.717, 1.165) is 44.2 Å². The Bertz CT molecular complexity index is 667. The summed E-state index contributed by atoms with van der Waals surface area (Å²) in [6.07, 6.45) is 7.05. The molecular formula is C18H24N2O6. The van der Waals surface area contributed by atoms with E-state index >= 15 is 0 Å². The highest BCUT2D eigenvalue weighted by Gasteiger charge is 2.30.